The summed E-state index contributed by atoms with van der Waals surface area (Å²) in [6, 6.07) is 82.2. The van der Waals surface area contributed by atoms with E-state index >= 15 is 0 Å². The number of benzene rings is 9. The molecule has 0 spiro atoms. The topological polar surface area (TPSA) is 3.24 Å². The average Bonchev–Trinajstić information content (AvgIpc) is 4.01. The first-order valence-electron chi connectivity index (χ1n) is 21.6. The lowest BCUT2D eigenvalue weighted by Crippen LogP contribution is -2.29. The quantitative estimate of drug-likeness (QED) is 0.155. The van der Waals surface area contributed by atoms with Crippen LogP contribution in [0.25, 0.3) is 32.3 Å². The Labute approximate surface area is 367 Å². The highest BCUT2D eigenvalue weighted by Gasteiger charge is 2.48. The number of hydrogen-bond acceptors (Lipinski definition) is 2. The Balaban J connectivity index is 1.14. The van der Waals surface area contributed by atoms with Gasteiger partial charge in [0.25, 0.3) is 0 Å². The van der Waals surface area contributed by atoms with Crippen molar-refractivity contribution in [1.29, 1.82) is 0 Å². The summed E-state index contributed by atoms with van der Waals surface area (Å²) in [4.78, 5) is 2.52. The summed E-state index contributed by atoms with van der Waals surface area (Å²) in [7, 11) is 0. The Hall–Kier alpha value is -7.26. The molecule has 1 nitrogen and oxygen atoms in total. The molecule has 294 valence electrons. The smallest absolute Gasteiger partial charge is 0.0714 e. The molecule has 1 aromatic heterocycles. The van der Waals surface area contributed by atoms with Gasteiger partial charge in [-0.1, -0.05) is 193 Å². The van der Waals surface area contributed by atoms with Crippen molar-refractivity contribution in [3.05, 3.63) is 279 Å². The molecule has 9 aromatic carbocycles. The molecule has 0 atom stereocenters. The molecule has 2 aliphatic carbocycles. The van der Waals surface area contributed by atoms with Crippen LogP contribution in [0, 0.1) is 13.8 Å². The summed E-state index contributed by atoms with van der Waals surface area (Å²) in [6.07, 6.45) is 0. The molecule has 10 aromatic rings. The third kappa shape index (κ3) is 5.20. The minimum absolute atomic E-state index is 0.466. The first kappa shape index (κ1) is 36.6. The van der Waals surface area contributed by atoms with Gasteiger partial charge in [-0.25, -0.2) is 0 Å². The number of fused-ring (bicyclic) bond motifs is 7. The van der Waals surface area contributed by atoms with Crippen molar-refractivity contribution in [3.8, 4) is 22.3 Å². The number of aryl methyl sites for hydroxylation is 2. The molecule has 0 aliphatic heterocycles. The van der Waals surface area contributed by atoms with Crippen LogP contribution in [0.2, 0.25) is 0 Å². The molecule has 0 unspecified atom stereocenters. The van der Waals surface area contributed by atoms with Crippen molar-refractivity contribution >= 4 is 38.5 Å². The van der Waals surface area contributed by atoms with Gasteiger partial charge in [0.15, 0.2) is 0 Å². The summed E-state index contributed by atoms with van der Waals surface area (Å²) in [5.41, 5.74) is 20.4. The van der Waals surface area contributed by atoms with E-state index in [2.05, 4.69) is 243 Å². The molecule has 1 heterocycles. The van der Waals surface area contributed by atoms with E-state index < -0.39 is 10.8 Å². The molecule has 0 saturated carbocycles. The fourth-order valence-corrected chi connectivity index (χ4v) is 11.9. The lowest BCUT2D eigenvalue weighted by atomic mass is 9.67. The fourth-order valence-electron chi connectivity index (χ4n) is 11.0. The molecule has 0 fully saturated rings. The van der Waals surface area contributed by atoms with Crippen LogP contribution in [-0.2, 0) is 10.8 Å². The predicted octanol–water partition coefficient (Wildman–Crippen LogP) is 15.7. The molecule has 0 N–H and O–H groups in total. The van der Waals surface area contributed by atoms with Gasteiger partial charge < -0.3 is 4.90 Å². The van der Waals surface area contributed by atoms with E-state index in [-0.39, 0.29) is 0 Å². The van der Waals surface area contributed by atoms with E-state index in [0.29, 0.717) is 0 Å². The third-order valence-electron chi connectivity index (χ3n) is 13.7. The third-order valence-corrected chi connectivity index (χ3v) is 14.6. The van der Waals surface area contributed by atoms with Gasteiger partial charge in [-0.05, 0) is 128 Å². The minimum Gasteiger partial charge on any atom is -0.309 e. The molecule has 12 rings (SSSR count). The van der Waals surface area contributed by atoms with Crippen molar-refractivity contribution in [1.82, 2.24) is 0 Å². The second kappa shape index (κ2) is 14.2. The van der Waals surface area contributed by atoms with E-state index in [9.17, 15) is 0 Å². The number of anilines is 3. The van der Waals surface area contributed by atoms with Crippen LogP contribution in [0.4, 0.5) is 17.1 Å². The van der Waals surface area contributed by atoms with E-state index in [0.717, 1.165) is 11.4 Å². The molecule has 0 bridgehead atoms. The van der Waals surface area contributed by atoms with Gasteiger partial charge in [0.2, 0.25) is 0 Å². The zero-order valence-electron chi connectivity index (χ0n) is 34.7. The Morgan fingerprint density at radius 3 is 1.47 bits per heavy atom. The first-order valence-corrected chi connectivity index (χ1v) is 22.5. The van der Waals surface area contributed by atoms with E-state index in [1.165, 1.54) is 93.7 Å². The van der Waals surface area contributed by atoms with Crippen molar-refractivity contribution in [2.24, 2.45) is 0 Å². The summed E-state index contributed by atoms with van der Waals surface area (Å²) >= 11 is 1.81. The van der Waals surface area contributed by atoms with E-state index in [1.807, 2.05) is 11.3 Å². The maximum absolute atomic E-state index is 2.52. The van der Waals surface area contributed by atoms with Gasteiger partial charge in [-0.3, -0.25) is 0 Å². The normalized spacial score (nSPS) is 13.9. The van der Waals surface area contributed by atoms with Crippen LogP contribution in [0.5, 0.6) is 0 Å². The fraction of sp³-hybridized carbons (Fsp3) is 0.0667. The lowest BCUT2D eigenvalue weighted by molar-refractivity contribution is 0.767. The van der Waals surface area contributed by atoms with Crippen LogP contribution in [0.3, 0.4) is 0 Å². The second-order valence-corrected chi connectivity index (χ2v) is 17.9. The number of rotatable bonds is 7. The molecule has 0 amide bonds. The van der Waals surface area contributed by atoms with Gasteiger partial charge in [-0.15, -0.1) is 11.3 Å². The SMILES string of the molecule is Cc1ccc(C2(c3ccc(C)cc3)c3ccccc3-c3ccc(N(c4ccc5c(c4)-c4ccccc4C5(c4ccccc4)c4ccccc4)c4cccc5ccsc45)cc32)cc1. The van der Waals surface area contributed by atoms with Gasteiger partial charge in [0.05, 0.1) is 21.2 Å². The summed E-state index contributed by atoms with van der Waals surface area (Å²) < 4.78 is 1.27. The number of thiophene rings is 1. The highest BCUT2D eigenvalue weighted by atomic mass is 32.1. The first-order chi connectivity index (χ1) is 30.6. The summed E-state index contributed by atoms with van der Waals surface area (Å²) in [6.45, 7) is 4.36. The summed E-state index contributed by atoms with van der Waals surface area (Å²) in [5.74, 6) is 0. The van der Waals surface area contributed by atoms with Crippen LogP contribution < -0.4 is 4.90 Å². The van der Waals surface area contributed by atoms with Crippen molar-refractivity contribution in [2.45, 2.75) is 24.7 Å². The number of hydrogen-bond donors (Lipinski definition) is 0. The van der Waals surface area contributed by atoms with Gasteiger partial charge in [-0.2, -0.15) is 0 Å². The van der Waals surface area contributed by atoms with Gasteiger partial charge in [0.1, 0.15) is 0 Å². The van der Waals surface area contributed by atoms with Gasteiger partial charge in [0, 0.05) is 11.4 Å². The molecule has 0 radical (unpaired) electrons. The molecule has 2 aliphatic rings. The Kier molecular flexibility index (Phi) is 8.36. The lowest BCUT2D eigenvalue weighted by Gasteiger charge is -2.35. The van der Waals surface area contributed by atoms with Crippen molar-refractivity contribution < 1.29 is 0 Å². The highest BCUT2D eigenvalue weighted by Crippen LogP contribution is 2.59. The molecule has 62 heavy (non-hydrogen) atoms. The maximum atomic E-state index is 2.52. The van der Waals surface area contributed by atoms with E-state index in [4.69, 9.17) is 0 Å². The van der Waals surface area contributed by atoms with Crippen molar-refractivity contribution in [3.63, 3.8) is 0 Å². The van der Waals surface area contributed by atoms with Crippen LogP contribution in [0.15, 0.2) is 224 Å². The standard InChI is InChI=1S/C60H43NS/c1-40-24-28-45(29-25-40)60(46-30-26-41(2)27-31-46)53-21-11-9-19-49(53)51-34-32-48(39-56(51)60)61(57-23-13-14-42-36-37-62-58(42)57)47-33-35-55-52(38-47)50-20-10-12-22-54(50)59(55,43-15-5-3-6-16-43)44-17-7-4-8-18-44/h3-39H,1-2H3. The maximum Gasteiger partial charge on any atom is 0.0714 e. The predicted molar refractivity (Wildman–Crippen MR) is 261 cm³/mol. The molecular formula is C60H43NS. The zero-order chi connectivity index (χ0) is 41.4. The minimum atomic E-state index is -0.522. The van der Waals surface area contributed by atoms with E-state index in [1.54, 1.807) is 0 Å². The molecule has 0 saturated heterocycles. The largest absolute Gasteiger partial charge is 0.309 e. The molecule has 2 heteroatoms. The highest BCUT2D eigenvalue weighted by molar-refractivity contribution is 7.17. The van der Waals surface area contributed by atoms with Crippen LogP contribution in [0.1, 0.15) is 55.6 Å². The second-order valence-electron chi connectivity index (χ2n) is 17.0. The van der Waals surface area contributed by atoms with Crippen LogP contribution >= 0.6 is 11.3 Å². The van der Waals surface area contributed by atoms with Gasteiger partial charge >= 0.3 is 0 Å². The Bertz CT molecular complexity index is 3220. The zero-order valence-corrected chi connectivity index (χ0v) is 35.5. The average molecular weight is 810 g/mol. The van der Waals surface area contributed by atoms with Crippen LogP contribution in [-0.4, -0.2) is 0 Å². The molecular weight excluding hydrogens is 767 g/mol. The monoisotopic (exact) mass is 809 g/mol. The summed E-state index contributed by atoms with van der Waals surface area (Å²) in [5, 5.41) is 3.47. The van der Waals surface area contributed by atoms with Crippen molar-refractivity contribution in [2.75, 3.05) is 4.90 Å². The number of nitrogens with zero attached hydrogens (tertiary/aromatic N) is 1. The Morgan fingerprint density at radius 1 is 0.355 bits per heavy atom. The Morgan fingerprint density at radius 2 is 0.839 bits per heavy atom.